The lowest BCUT2D eigenvalue weighted by Gasteiger charge is -2.32. The quantitative estimate of drug-likeness (QED) is 0.701. The van der Waals surface area contributed by atoms with E-state index in [-0.39, 0.29) is 17.9 Å². The third kappa shape index (κ3) is 2.94. The molecule has 17 heavy (non-hydrogen) atoms. The van der Waals surface area contributed by atoms with Gasteiger partial charge in [-0.2, -0.15) is 0 Å². The molecule has 0 aromatic rings. The van der Waals surface area contributed by atoms with E-state index in [1.807, 2.05) is 55.6 Å². The number of nitrogens with zero attached hydrogens (tertiary/aromatic N) is 1. The van der Waals surface area contributed by atoms with E-state index in [9.17, 15) is 5.11 Å². The molecule has 0 fully saturated rings. The first-order valence-corrected chi connectivity index (χ1v) is 6.00. The Labute approximate surface area is 103 Å². The van der Waals surface area contributed by atoms with Crippen molar-refractivity contribution < 1.29 is 5.11 Å². The van der Waals surface area contributed by atoms with Gasteiger partial charge in [-0.15, -0.1) is 0 Å². The number of nitrogens with one attached hydrogen (secondary N) is 1. The summed E-state index contributed by atoms with van der Waals surface area (Å²) in [5.41, 5.74) is 3.31. The molecule has 0 aliphatic heterocycles. The third-order valence-corrected chi connectivity index (χ3v) is 3.14. The first kappa shape index (κ1) is 12.3. The summed E-state index contributed by atoms with van der Waals surface area (Å²) >= 11 is 0. The summed E-state index contributed by atoms with van der Waals surface area (Å²) in [5.74, 6) is 0.352. The first-order chi connectivity index (χ1) is 8.18. The molecule has 0 amide bonds. The van der Waals surface area contributed by atoms with Gasteiger partial charge in [0.15, 0.2) is 0 Å². The Hall–Kier alpha value is -1.16. The summed E-state index contributed by atoms with van der Waals surface area (Å²) in [5, 5.41) is 12.4. The van der Waals surface area contributed by atoms with Crippen molar-refractivity contribution in [2.45, 2.75) is 12.1 Å². The molecule has 2 rings (SSSR count). The van der Waals surface area contributed by atoms with E-state index in [0.717, 1.165) is 0 Å². The van der Waals surface area contributed by atoms with Crippen LogP contribution in [0, 0.1) is 11.8 Å². The zero-order chi connectivity index (χ0) is 12.3. The van der Waals surface area contributed by atoms with Gasteiger partial charge >= 0.3 is 0 Å². The van der Waals surface area contributed by atoms with Gasteiger partial charge in [0, 0.05) is 25.9 Å². The van der Waals surface area contributed by atoms with Gasteiger partial charge in [-0.1, -0.05) is 48.6 Å². The Morgan fingerprint density at radius 3 is 1.88 bits per heavy atom. The van der Waals surface area contributed by atoms with Crippen LogP contribution in [-0.2, 0) is 0 Å². The van der Waals surface area contributed by atoms with Crippen LogP contribution >= 0.6 is 0 Å². The molecule has 2 aliphatic rings. The molecule has 0 radical (unpaired) electrons. The van der Waals surface area contributed by atoms with Gasteiger partial charge < -0.3 is 5.11 Å². The molecule has 0 saturated carbocycles. The molecule has 92 valence electrons. The molecular formula is C14H20N2O. The summed E-state index contributed by atoms with van der Waals surface area (Å²) in [4.78, 5) is 0. The maximum absolute atomic E-state index is 10.5. The molecule has 0 aromatic heterocycles. The van der Waals surface area contributed by atoms with Crippen molar-refractivity contribution in [1.82, 2.24) is 10.4 Å². The van der Waals surface area contributed by atoms with Gasteiger partial charge in [-0.25, -0.2) is 5.43 Å². The van der Waals surface area contributed by atoms with Crippen LogP contribution < -0.4 is 5.43 Å². The Balaban J connectivity index is 2.08. The van der Waals surface area contributed by atoms with E-state index in [0.29, 0.717) is 0 Å². The Bertz CT molecular complexity index is 344. The zero-order valence-corrected chi connectivity index (χ0v) is 10.3. The van der Waals surface area contributed by atoms with Crippen LogP contribution in [0.1, 0.15) is 0 Å². The molecule has 2 N–H and O–H groups in total. The lowest BCUT2D eigenvalue weighted by atomic mass is 9.89. The second-order valence-corrected chi connectivity index (χ2v) is 4.73. The van der Waals surface area contributed by atoms with Crippen LogP contribution in [0.5, 0.6) is 0 Å². The zero-order valence-electron chi connectivity index (χ0n) is 10.3. The number of aliphatic hydroxyl groups is 1. The van der Waals surface area contributed by atoms with Crippen LogP contribution in [0.4, 0.5) is 0 Å². The van der Waals surface area contributed by atoms with E-state index in [4.69, 9.17) is 0 Å². The third-order valence-electron chi connectivity index (χ3n) is 3.14. The molecule has 0 unspecified atom stereocenters. The van der Waals surface area contributed by atoms with Gasteiger partial charge in [0.1, 0.15) is 0 Å². The second-order valence-electron chi connectivity index (χ2n) is 4.73. The molecule has 0 bridgehead atoms. The van der Waals surface area contributed by atoms with Crippen molar-refractivity contribution in [3.8, 4) is 0 Å². The van der Waals surface area contributed by atoms with E-state index in [1.54, 1.807) is 0 Å². The lowest BCUT2D eigenvalue weighted by molar-refractivity contribution is 0.0589. The maximum atomic E-state index is 10.5. The van der Waals surface area contributed by atoms with Crippen LogP contribution in [0.3, 0.4) is 0 Å². The first-order valence-electron chi connectivity index (χ1n) is 6.00. The fourth-order valence-corrected chi connectivity index (χ4v) is 2.29. The Morgan fingerprint density at radius 2 is 1.41 bits per heavy atom. The monoisotopic (exact) mass is 232 g/mol. The summed E-state index contributed by atoms with van der Waals surface area (Å²) in [6.45, 7) is 0. The van der Waals surface area contributed by atoms with Crippen LogP contribution in [0.25, 0.3) is 0 Å². The van der Waals surface area contributed by atoms with Crippen molar-refractivity contribution in [1.29, 1.82) is 0 Å². The molecule has 0 heterocycles. The molecule has 2 aliphatic carbocycles. The summed E-state index contributed by atoms with van der Waals surface area (Å²) in [7, 11) is 3.89. The standard InChI is InChI=1S/C14H20N2O/c1-16(2)15-13(11-7-3-4-8-11)14(17)12-9-5-6-10-12/h3-15,17H,1-2H3/t13-,14+/m1/s1. The highest BCUT2D eigenvalue weighted by atomic mass is 16.3. The van der Waals surface area contributed by atoms with Gasteiger partial charge in [0.2, 0.25) is 0 Å². The van der Waals surface area contributed by atoms with E-state index in [2.05, 4.69) is 17.6 Å². The molecular weight excluding hydrogens is 212 g/mol. The predicted molar refractivity (Wildman–Crippen MR) is 70.2 cm³/mol. The Morgan fingerprint density at radius 1 is 0.941 bits per heavy atom. The smallest absolute Gasteiger partial charge is 0.0812 e. The van der Waals surface area contributed by atoms with Gasteiger partial charge in [0.05, 0.1) is 12.1 Å². The van der Waals surface area contributed by atoms with Gasteiger partial charge in [-0.05, 0) is 0 Å². The highest BCUT2D eigenvalue weighted by Gasteiger charge is 2.30. The van der Waals surface area contributed by atoms with Crippen molar-refractivity contribution in [2.75, 3.05) is 14.1 Å². The highest BCUT2D eigenvalue weighted by molar-refractivity contribution is 5.24. The molecule has 2 atom stereocenters. The maximum Gasteiger partial charge on any atom is 0.0812 e. The normalized spacial score (nSPS) is 23.1. The minimum Gasteiger partial charge on any atom is -0.390 e. The average Bonchev–Trinajstić information content (AvgIpc) is 2.96. The molecule has 0 aromatic carbocycles. The second kappa shape index (κ2) is 5.45. The number of allylic oxidation sites excluding steroid dienone is 4. The number of hydrazine groups is 1. The van der Waals surface area contributed by atoms with E-state index < -0.39 is 6.10 Å². The lowest BCUT2D eigenvalue weighted by Crippen LogP contribution is -2.51. The van der Waals surface area contributed by atoms with Crippen LogP contribution in [0.2, 0.25) is 0 Å². The number of aliphatic hydroxyl groups excluding tert-OH is 1. The molecule has 3 heteroatoms. The largest absolute Gasteiger partial charge is 0.390 e. The fraction of sp³-hybridized carbons (Fsp3) is 0.429. The molecule has 3 nitrogen and oxygen atoms in total. The number of hydrogen-bond donors (Lipinski definition) is 2. The van der Waals surface area contributed by atoms with Gasteiger partial charge in [0.25, 0.3) is 0 Å². The van der Waals surface area contributed by atoms with Crippen molar-refractivity contribution in [2.24, 2.45) is 11.8 Å². The van der Waals surface area contributed by atoms with Crippen LogP contribution in [0.15, 0.2) is 48.6 Å². The minimum atomic E-state index is -0.426. The Kier molecular flexibility index (Phi) is 3.94. The van der Waals surface area contributed by atoms with Crippen molar-refractivity contribution in [3.05, 3.63) is 48.6 Å². The fourth-order valence-electron chi connectivity index (χ4n) is 2.29. The summed E-state index contributed by atoms with van der Waals surface area (Å²) in [6, 6.07) is -0.00241. The number of hydrogen-bond acceptors (Lipinski definition) is 3. The summed E-state index contributed by atoms with van der Waals surface area (Å²) in [6.07, 6.45) is 15.9. The predicted octanol–water partition coefficient (Wildman–Crippen LogP) is 1.27. The average molecular weight is 232 g/mol. The van der Waals surface area contributed by atoms with E-state index in [1.165, 1.54) is 0 Å². The minimum absolute atomic E-state index is 0.00241. The van der Waals surface area contributed by atoms with E-state index >= 15 is 0 Å². The van der Waals surface area contributed by atoms with Crippen molar-refractivity contribution >= 4 is 0 Å². The SMILES string of the molecule is CN(C)N[C@H](C1C=CC=C1)[C@@H](O)C1C=CC=C1. The topological polar surface area (TPSA) is 35.5 Å². The molecule has 0 spiro atoms. The molecule has 0 saturated heterocycles. The number of rotatable bonds is 5. The van der Waals surface area contributed by atoms with Crippen LogP contribution in [-0.4, -0.2) is 36.4 Å². The summed E-state index contributed by atoms with van der Waals surface area (Å²) < 4.78 is 0. The van der Waals surface area contributed by atoms with Gasteiger partial charge in [-0.3, -0.25) is 5.01 Å². The van der Waals surface area contributed by atoms with Crippen molar-refractivity contribution in [3.63, 3.8) is 0 Å². The highest BCUT2D eigenvalue weighted by Crippen LogP contribution is 2.24.